The number of rotatable bonds is 5. The lowest BCUT2D eigenvalue weighted by molar-refractivity contribution is 0.660. The van der Waals surface area contributed by atoms with E-state index in [9.17, 15) is 0 Å². The van der Waals surface area contributed by atoms with Crippen LogP contribution in [-0.2, 0) is 16.2 Å². The standard InChI is InChI=1S/C67H49N/c1-65(2)55-32-13-9-27-53(55)63-50(28-20-36-59(63)65)48-25-10-17-37-61(48)68(62-38-18-11-26-49(62)52-30-19-29-51-46-24-5-12-31-54(46)66(3,4)64(51)52)42-39-40-47-45-23-8-16-35-58(45)67(60(47)41-42)56-33-14-6-21-43(56)44-22-7-15-34-57(44)67/h5-41H,1-4H3. The summed E-state index contributed by atoms with van der Waals surface area (Å²) < 4.78 is 0. The Morgan fingerprint density at radius 1 is 0.265 bits per heavy atom. The maximum absolute atomic E-state index is 2.59. The highest BCUT2D eigenvalue weighted by atomic mass is 15.1. The van der Waals surface area contributed by atoms with E-state index in [2.05, 4.69) is 257 Å². The molecular formula is C67H49N. The highest BCUT2D eigenvalue weighted by Gasteiger charge is 2.52. The minimum absolute atomic E-state index is 0.127. The molecule has 0 bridgehead atoms. The van der Waals surface area contributed by atoms with Gasteiger partial charge < -0.3 is 4.90 Å². The van der Waals surface area contributed by atoms with Gasteiger partial charge in [-0.3, -0.25) is 0 Å². The monoisotopic (exact) mass is 867 g/mol. The largest absolute Gasteiger partial charge is 0.309 e. The molecule has 14 rings (SSSR count). The third-order valence-electron chi connectivity index (χ3n) is 16.3. The third-order valence-corrected chi connectivity index (χ3v) is 16.3. The summed E-state index contributed by atoms with van der Waals surface area (Å²) in [5.74, 6) is 0. The molecule has 322 valence electrons. The van der Waals surface area contributed by atoms with Crippen LogP contribution < -0.4 is 4.90 Å². The van der Waals surface area contributed by atoms with E-state index in [0.717, 1.165) is 17.1 Å². The summed E-state index contributed by atoms with van der Waals surface area (Å²) in [5, 5.41) is 0. The summed E-state index contributed by atoms with van der Waals surface area (Å²) in [6.45, 7) is 9.57. The van der Waals surface area contributed by atoms with Crippen molar-refractivity contribution < 1.29 is 0 Å². The van der Waals surface area contributed by atoms with Crippen LogP contribution in [0.1, 0.15) is 72.2 Å². The van der Waals surface area contributed by atoms with Crippen molar-refractivity contribution in [1.82, 2.24) is 0 Å². The van der Waals surface area contributed by atoms with Crippen molar-refractivity contribution in [3.8, 4) is 66.8 Å². The molecule has 4 aliphatic rings. The van der Waals surface area contributed by atoms with E-state index in [1.54, 1.807) is 0 Å². The van der Waals surface area contributed by atoms with Gasteiger partial charge in [-0.1, -0.05) is 228 Å². The summed E-state index contributed by atoms with van der Waals surface area (Å²) in [6.07, 6.45) is 0. The highest BCUT2D eigenvalue weighted by Crippen LogP contribution is 2.64. The molecule has 0 amide bonds. The zero-order valence-corrected chi connectivity index (χ0v) is 38.8. The molecule has 1 nitrogen and oxygen atoms in total. The van der Waals surface area contributed by atoms with Gasteiger partial charge in [0.05, 0.1) is 16.8 Å². The van der Waals surface area contributed by atoms with E-state index < -0.39 is 5.41 Å². The first-order valence-corrected chi connectivity index (χ1v) is 24.2. The fourth-order valence-electron chi connectivity index (χ4n) is 13.5. The van der Waals surface area contributed by atoms with Gasteiger partial charge in [0.15, 0.2) is 0 Å². The Kier molecular flexibility index (Phi) is 8.08. The van der Waals surface area contributed by atoms with Crippen LogP contribution in [0.3, 0.4) is 0 Å². The molecule has 4 aliphatic carbocycles. The van der Waals surface area contributed by atoms with Crippen LogP contribution in [-0.4, -0.2) is 0 Å². The molecule has 0 unspecified atom stereocenters. The molecule has 0 N–H and O–H groups in total. The van der Waals surface area contributed by atoms with Crippen LogP contribution in [0.25, 0.3) is 66.8 Å². The van der Waals surface area contributed by atoms with Gasteiger partial charge in [0.25, 0.3) is 0 Å². The van der Waals surface area contributed by atoms with Gasteiger partial charge in [0.2, 0.25) is 0 Å². The quantitative estimate of drug-likeness (QED) is 0.167. The Balaban J connectivity index is 1.07. The summed E-state index contributed by atoms with van der Waals surface area (Å²) in [7, 11) is 0. The summed E-state index contributed by atoms with van der Waals surface area (Å²) in [5.41, 5.74) is 28.9. The van der Waals surface area contributed by atoms with Crippen molar-refractivity contribution in [3.05, 3.63) is 269 Å². The molecule has 10 aromatic rings. The Morgan fingerprint density at radius 2 is 0.632 bits per heavy atom. The highest BCUT2D eigenvalue weighted by molar-refractivity contribution is 6.02. The molecule has 68 heavy (non-hydrogen) atoms. The number of anilines is 3. The average Bonchev–Trinajstić information content (AvgIpc) is 4.02. The van der Waals surface area contributed by atoms with Crippen LogP contribution in [0.15, 0.2) is 224 Å². The second kappa shape index (κ2) is 14.0. The number of benzene rings is 10. The van der Waals surface area contributed by atoms with Gasteiger partial charge in [-0.25, -0.2) is 0 Å². The second-order valence-corrected chi connectivity index (χ2v) is 20.3. The van der Waals surface area contributed by atoms with E-state index in [1.165, 1.54) is 111 Å². The fraction of sp³-hybridized carbons (Fsp3) is 0.104. The molecule has 0 heterocycles. The minimum atomic E-state index is -0.481. The van der Waals surface area contributed by atoms with Crippen LogP contribution >= 0.6 is 0 Å². The molecule has 0 radical (unpaired) electrons. The molecule has 0 saturated carbocycles. The third kappa shape index (κ3) is 5.01. The molecule has 0 aliphatic heterocycles. The van der Waals surface area contributed by atoms with Crippen molar-refractivity contribution in [2.45, 2.75) is 43.9 Å². The summed E-state index contributed by atoms with van der Waals surface area (Å²) in [6, 6.07) is 85.0. The minimum Gasteiger partial charge on any atom is -0.309 e. The van der Waals surface area contributed by atoms with Gasteiger partial charge in [-0.2, -0.15) is 0 Å². The molecule has 0 saturated heterocycles. The van der Waals surface area contributed by atoms with Crippen molar-refractivity contribution in [3.63, 3.8) is 0 Å². The molecule has 0 atom stereocenters. The van der Waals surface area contributed by atoms with E-state index >= 15 is 0 Å². The lowest BCUT2D eigenvalue weighted by Gasteiger charge is -2.34. The van der Waals surface area contributed by atoms with Gasteiger partial charge >= 0.3 is 0 Å². The molecule has 0 aromatic heterocycles. The number of hydrogen-bond acceptors (Lipinski definition) is 1. The van der Waals surface area contributed by atoms with Crippen LogP contribution in [0.2, 0.25) is 0 Å². The SMILES string of the molecule is CC1(C)c2ccccc2-c2c(-c3ccccc3N(c3ccc4c(c3)C3(c5ccccc5-c5ccccc53)c3ccccc3-4)c3ccccc3-c3cccc4c3C(C)(C)c3ccccc3-4)cccc21. The predicted molar refractivity (Wildman–Crippen MR) is 283 cm³/mol. The van der Waals surface area contributed by atoms with Crippen LogP contribution in [0.5, 0.6) is 0 Å². The topological polar surface area (TPSA) is 3.24 Å². The number of fused-ring (bicyclic) bond motifs is 16. The molecule has 1 heteroatoms. The molecular weight excluding hydrogens is 819 g/mol. The van der Waals surface area contributed by atoms with E-state index in [-0.39, 0.29) is 10.8 Å². The average molecular weight is 868 g/mol. The maximum atomic E-state index is 2.59. The van der Waals surface area contributed by atoms with Crippen molar-refractivity contribution in [2.24, 2.45) is 0 Å². The van der Waals surface area contributed by atoms with Crippen LogP contribution in [0, 0.1) is 0 Å². The van der Waals surface area contributed by atoms with Crippen molar-refractivity contribution in [2.75, 3.05) is 4.90 Å². The zero-order valence-electron chi connectivity index (χ0n) is 38.8. The predicted octanol–water partition coefficient (Wildman–Crippen LogP) is 17.4. The smallest absolute Gasteiger partial charge is 0.0726 e. The zero-order chi connectivity index (χ0) is 45.5. The Bertz CT molecular complexity index is 3700. The maximum Gasteiger partial charge on any atom is 0.0726 e. The van der Waals surface area contributed by atoms with Gasteiger partial charge in [-0.05, 0) is 124 Å². The van der Waals surface area contributed by atoms with E-state index in [0.29, 0.717) is 0 Å². The van der Waals surface area contributed by atoms with Crippen molar-refractivity contribution in [1.29, 1.82) is 0 Å². The lowest BCUT2D eigenvalue weighted by Crippen LogP contribution is -2.26. The van der Waals surface area contributed by atoms with E-state index in [4.69, 9.17) is 0 Å². The first kappa shape index (κ1) is 39.2. The van der Waals surface area contributed by atoms with Crippen LogP contribution in [0.4, 0.5) is 17.1 Å². The Labute approximate surface area is 399 Å². The Hall–Kier alpha value is -8.00. The normalized spacial score (nSPS) is 15.1. The summed E-state index contributed by atoms with van der Waals surface area (Å²) >= 11 is 0. The van der Waals surface area contributed by atoms with Gasteiger partial charge in [0.1, 0.15) is 0 Å². The second-order valence-electron chi connectivity index (χ2n) is 20.3. The number of hydrogen-bond donors (Lipinski definition) is 0. The number of nitrogens with zero attached hydrogens (tertiary/aromatic N) is 1. The van der Waals surface area contributed by atoms with Gasteiger partial charge in [-0.15, -0.1) is 0 Å². The molecule has 10 aromatic carbocycles. The first-order chi connectivity index (χ1) is 33.3. The molecule has 0 fully saturated rings. The van der Waals surface area contributed by atoms with Gasteiger partial charge in [0, 0.05) is 27.6 Å². The molecule has 1 spiro atoms. The fourth-order valence-corrected chi connectivity index (χ4v) is 13.5. The lowest BCUT2D eigenvalue weighted by atomic mass is 9.70. The summed E-state index contributed by atoms with van der Waals surface area (Å²) in [4.78, 5) is 2.59. The Morgan fingerprint density at radius 3 is 1.21 bits per heavy atom. The first-order valence-electron chi connectivity index (χ1n) is 24.2. The van der Waals surface area contributed by atoms with E-state index in [1.807, 2.05) is 0 Å². The number of para-hydroxylation sites is 2. The van der Waals surface area contributed by atoms with Crippen molar-refractivity contribution >= 4 is 17.1 Å².